The van der Waals surface area contributed by atoms with Gasteiger partial charge in [0.1, 0.15) is 23.1 Å². The Balaban J connectivity index is 1.70. The van der Waals surface area contributed by atoms with Gasteiger partial charge >= 0.3 is 0 Å². The molecule has 3 rings (SSSR count). The van der Waals surface area contributed by atoms with E-state index in [-0.39, 0.29) is 12.6 Å². The second-order valence-corrected chi connectivity index (χ2v) is 5.38. The lowest BCUT2D eigenvalue weighted by Crippen LogP contribution is -2.32. The molecule has 1 heterocycles. The van der Waals surface area contributed by atoms with Crippen LogP contribution < -0.4 is 10.6 Å². The fourth-order valence-corrected chi connectivity index (χ4v) is 2.48. The normalized spacial score (nSPS) is 11.9. The monoisotopic (exact) mass is 342 g/mol. The highest BCUT2D eigenvalue weighted by atomic mass is 19.1. The van der Waals surface area contributed by atoms with Gasteiger partial charge < -0.3 is 9.73 Å². The van der Waals surface area contributed by atoms with Crippen molar-refractivity contribution in [1.29, 1.82) is 0 Å². The number of nitrogens with one attached hydrogen (secondary N) is 2. The van der Waals surface area contributed by atoms with E-state index in [0.29, 0.717) is 5.76 Å². The summed E-state index contributed by atoms with van der Waals surface area (Å²) < 4.78 is 32.6. The van der Waals surface area contributed by atoms with Crippen LogP contribution in [-0.2, 0) is 4.79 Å². The molecule has 2 aromatic carbocycles. The molecule has 0 aliphatic heterocycles. The van der Waals surface area contributed by atoms with Gasteiger partial charge in [-0.15, -0.1) is 0 Å². The quantitative estimate of drug-likeness (QED) is 0.715. The van der Waals surface area contributed by atoms with Crippen molar-refractivity contribution in [2.24, 2.45) is 0 Å². The van der Waals surface area contributed by atoms with Gasteiger partial charge in [0.2, 0.25) is 5.91 Å². The van der Waals surface area contributed by atoms with E-state index in [1.165, 1.54) is 6.07 Å². The second kappa shape index (κ2) is 7.72. The zero-order valence-electron chi connectivity index (χ0n) is 13.2. The number of anilines is 1. The van der Waals surface area contributed by atoms with Crippen molar-refractivity contribution in [3.8, 4) is 0 Å². The van der Waals surface area contributed by atoms with Crippen LogP contribution in [0.5, 0.6) is 0 Å². The van der Waals surface area contributed by atoms with Crippen LogP contribution in [0.15, 0.2) is 71.3 Å². The van der Waals surface area contributed by atoms with Crippen LogP contribution in [0.2, 0.25) is 0 Å². The van der Waals surface area contributed by atoms with Gasteiger partial charge in [-0.1, -0.05) is 36.4 Å². The fourth-order valence-electron chi connectivity index (χ4n) is 2.48. The van der Waals surface area contributed by atoms with Crippen molar-refractivity contribution in [2.45, 2.75) is 6.04 Å². The summed E-state index contributed by atoms with van der Waals surface area (Å²) in [5.74, 6) is -1.56. The van der Waals surface area contributed by atoms with E-state index >= 15 is 0 Å². The lowest BCUT2D eigenvalue weighted by molar-refractivity contribution is -0.115. The average Bonchev–Trinajstić information content (AvgIpc) is 3.14. The van der Waals surface area contributed by atoms with Gasteiger partial charge in [0, 0.05) is 0 Å². The summed E-state index contributed by atoms with van der Waals surface area (Å²) in [5, 5.41) is 5.30. The van der Waals surface area contributed by atoms with Gasteiger partial charge in [0.15, 0.2) is 0 Å². The number of hydrogen-bond donors (Lipinski definition) is 2. The molecule has 2 N–H and O–H groups in total. The molecule has 0 radical (unpaired) electrons. The highest BCUT2D eigenvalue weighted by Gasteiger charge is 2.18. The summed E-state index contributed by atoms with van der Waals surface area (Å²) in [6.45, 7) is -0.145. The lowest BCUT2D eigenvalue weighted by atomic mass is 10.0. The van der Waals surface area contributed by atoms with Crippen molar-refractivity contribution in [1.82, 2.24) is 5.32 Å². The minimum atomic E-state index is -0.820. The first-order chi connectivity index (χ1) is 12.1. The van der Waals surface area contributed by atoms with Crippen molar-refractivity contribution >= 4 is 11.6 Å². The third kappa shape index (κ3) is 4.10. The summed E-state index contributed by atoms with van der Waals surface area (Å²) in [4.78, 5) is 12.1. The molecule has 1 amide bonds. The van der Waals surface area contributed by atoms with Crippen LogP contribution >= 0.6 is 0 Å². The van der Waals surface area contributed by atoms with Crippen molar-refractivity contribution in [3.05, 3.63) is 89.9 Å². The van der Waals surface area contributed by atoms with E-state index in [2.05, 4.69) is 10.6 Å². The van der Waals surface area contributed by atoms with Crippen LogP contribution in [0.4, 0.5) is 14.5 Å². The standard InChI is InChI=1S/C19H16F2N2O2/c20-14-8-4-9-15(21)19(14)23-17(24)12-22-18(16-10-5-11-25-16)13-6-2-1-3-7-13/h1-11,18,22H,12H2,(H,23,24)/t18-/m0/s1. The molecule has 0 saturated heterocycles. The number of para-hydroxylation sites is 1. The highest BCUT2D eigenvalue weighted by Crippen LogP contribution is 2.22. The first-order valence-electron chi connectivity index (χ1n) is 7.71. The largest absolute Gasteiger partial charge is 0.467 e. The summed E-state index contributed by atoms with van der Waals surface area (Å²) in [6, 6.07) is 16.0. The zero-order valence-corrected chi connectivity index (χ0v) is 13.2. The van der Waals surface area contributed by atoms with E-state index in [1.807, 2.05) is 30.3 Å². The van der Waals surface area contributed by atoms with E-state index in [1.54, 1.807) is 18.4 Å². The molecular formula is C19H16F2N2O2. The molecule has 1 atom stereocenters. The average molecular weight is 342 g/mol. The van der Waals surface area contributed by atoms with E-state index in [9.17, 15) is 13.6 Å². The number of carbonyl (C=O) groups excluding carboxylic acids is 1. The molecular weight excluding hydrogens is 326 g/mol. The molecule has 4 nitrogen and oxygen atoms in total. The van der Waals surface area contributed by atoms with Gasteiger partial charge in [0.05, 0.1) is 18.8 Å². The molecule has 0 aliphatic rings. The summed E-state index contributed by atoms with van der Waals surface area (Å²) in [5.41, 5.74) is 0.450. The minimum Gasteiger partial charge on any atom is -0.467 e. The van der Waals surface area contributed by atoms with E-state index in [4.69, 9.17) is 4.42 Å². The molecule has 0 fully saturated rings. The molecule has 0 unspecified atom stereocenters. The summed E-state index contributed by atoms with van der Waals surface area (Å²) >= 11 is 0. The lowest BCUT2D eigenvalue weighted by Gasteiger charge is -2.17. The summed E-state index contributed by atoms with van der Waals surface area (Å²) in [7, 11) is 0. The Morgan fingerprint density at radius 1 is 0.960 bits per heavy atom. The molecule has 3 aromatic rings. The maximum absolute atomic E-state index is 13.6. The predicted molar refractivity (Wildman–Crippen MR) is 90.0 cm³/mol. The molecule has 6 heteroatoms. The first-order valence-corrected chi connectivity index (χ1v) is 7.71. The van der Waals surface area contributed by atoms with E-state index in [0.717, 1.165) is 17.7 Å². The molecule has 0 bridgehead atoms. The van der Waals surface area contributed by atoms with E-state index < -0.39 is 23.2 Å². The highest BCUT2D eigenvalue weighted by molar-refractivity contribution is 5.92. The molecule has 0 saturated carbocycles. The maximum atomic E-state index is 13.6. The fraction of sp³-hybridized carbons (Fsp3) is 0.105. The Bertz CT molecular complexity index is 816. The molecule has 1 aromatic heterocycles. The second-order valence-electron chi connectivity index (χ2n) is 5.38. The Hall–Kier alpha value is -2.99. The number of benzene rings is 2. The van der Waals surface area contributed by atoms with Crippen molar-refractivity contribution < 1.29 is 18.0 Å². The van der Waals surface area contributed by atoms with Gasteiger partial charge in [-0.25, -0.2) is 8.78 Å². The Labute approximate surface area is 143 Å². The number of carbonyl (C=O) groups is 1. The number of rotatable bonds is 6. The Kier molecular flexibility index (Phi) is 5.20. The van der Waals surface area contributed by atoms with Crippen LogP contribution in [0.25, 0.3) is 0 Å². The number of hydrogen-bond acceptors (Lipinski definition) is 3. The number of amides is 1. The molecule has 128 valence electrons. The first kappa shape index (κ1) is 16.9. The van der Waals surface area contributed by atoms with Crippen molar-refractivity contribution in [3.63, 3.8) is 0 Å². The van der Waals surface area contributed by atoms with Crippen LogP contribution in [0, 0.1) is 11.6 Å². The summed E-state index contributed by atoms with van der Waals surface area (Å²) in [6.07, 6.45) is 1.54. The van der Waals surface area contributed by atoms with Crippen LogP contribution in [0.3, 0.4) is 0 Å². The molecule has 0 aliphatic carbocycles. The topological polar surface area (TPSA) is 54.3 Å². The van der Waals surface area contributed by atoms with Gasteiger partial charge in [-0.05, 0) is 29.8 Å². The SMILES string of the molecule is O=C(CN[C@@H](c1ccccc1)c1ccco1)Nc1c(F)cccc1F. The Morgan fingerprint density at radius 3 is 2.32 bits per heavy atom. The molecule has 0 spiro atoms. The third-order valence-corrected chi connectivity index (χ3v) is 3.65. The smallest absolute Gasteiger partial charge is 0.238 e. The minimum absolute atomic E-state index is 0.145. The predicted octanol–water partition coefficient (Wildman–Crippen LogP) is 3.88. The van der Waals surface area contributed by atoms with Crippen LogP contribution in [-0.4, -0.2) is 12.5 Å². The number of furan rings is 1. The van der Waals surface area contributed by atoms with Crippen molar-refractivity contribution in [2.75, 3.05) is 11.9 Å². The zero-order chi connectivity index (χ0) is 17.6. The van der Waals surface area contributed by atoms with Gasteiger partial charge in [0.25, 0.3) is 0 Å². The van der Waals surface area contributed by atoms with Gasteiger partial charge in [-0.3, -0.25) is 10.1 Å². The Morgan fingerprint density at radius 2 is 1.68 bits per heavy atom. The maximum Gasteiger partial charge on any atom is 0.238 e. The van der Waals surface area contributed by atoms with Gasteiger partial charge in [-0.2, -0.15) is 0 Å². The van der Waals surface area contributed by atoms with Crippen LogP contribution in [0.1, 0.15) is 17.4 Å². The number of halogens is 2. The molecule has 25 heavy (non-hydrogen) atoms. The third-order valence-electron chi connectivity index (χ3n) is 3.65.